The van der Waals surface area contributed by atoms with Gasteiger partial charge in [-0.2, -0.15) is 0 Å². The molecule has 0 radical (unpaired) electrons. The first-order valence-corrected chi connectivity index (χ1v) is 6.94. The second-order valence-electron chi connectivity index (χ2n) is 5.54. The highest BCUT2D eigenvalue weighted by atomic mass is 35.5. The van der Waals surface area contributed by atoms with E-state index in [1.54, 1.807) is 0 Å². The van der Waals surface area contributed by atoms with Gasteiger partial charge in [0, 0.05) is 5.41 Å². The number of benzene rings is 1. The molecule has 0 heterocycles. The standard InChI is InChI=1S/C15H23ClN2O/c1-11-6-7-12(16)13(10-11)19-9-5-4-8-15(2,3)14(17)18/h6-7,10H,4-5,8-9H2,1-3H3,(H3,17,18). The molecule has 19 heavy (non-hydrogen) atoms. The Bertz CT molecular complexity index is 444. The molecule has 0 aromatic heterocycles. The third kappa shape index (κ3) is 5.11. The Morgan fingerprint density at radius 2 is 2.05 bits per heavy atom. The number of rotatable bonds is 7. The van der Waals surface area contributed by atoms with Gasteiger partial charge in [-0.25, -0.2) is 0 Å². The van der Waals surface area contributed by atoms with E-state index >= 15 is 0 Å². The first-order valence-electron chi connectivity index (χ1n) is 6.56. The van der Waals surface area contributed by atoms with Crippen LogP contribution in [0, 0.1) is 17.7 Å². The summed E-state index contributed by atoms with van der Waals surface area (Å²) in [7, 11) is 0. The third-order valence-electron chi connectivity index (χ3n) is 3.27. The summed E-state index contributed by atoms with van der Waals surface area (Å²) in [6.45, 7) is 6.64. The lowest BCUT2D eigenvalue weighted by molar-refractivity contribution is 0.296. The van der Waals surface area contributed by atoms with Gasteiger partial charge in [0.15, 0.2) is 0 Å². The third-order valence-corrected chi connectivity index (χ3v) is 3.58. The van der Waals surface area contributed by atoms with Crippen molar-refractivity contribution in [1.29, 1.82) is 5.41 Å². The highest BCUT2D eigenvalue weighted by Gasteiger charge is 2.20. The Kier molecular flexibility index (Phi) is 5.67. The Hall–Kier alpha value is -1.22. The van der Waals surface area contributed by atoms with Crippen LogP contribution in [0.5, 0.6) is 5.75 Å². The van der Waals surface area contributed by atoms with E-state index in [2.05, 4.69) is 0 Å². The van der Waals surface area contributed by atoms with Gasteiger partial charge < -0.3 is 10.5 Å². The Labute approximate surface area is 120 Å². The van der Waals surface area contributed by atoms with Crippen molar-refractivity contribution in [1.82, 2.24) is 0 Å². The number of hydrogen-bond donors (Lipinski definition) is 2. The second-order valence-corrected chi connectivity index (χ2v) is 5.94. The van der Waals surface area contributed by atoms with E-state index in [0.29, 0.717) is 11.6 Å². The number of nitrogens with two attached hydrogens (primary N) is 1. The number of halogens is 1. The zero-order valence-electron chi connectivity index (χ0n) is 11.9. The number of amidine groups is 1. The summed E-state index contributed by atoms with van der Waals surface area (Å²) in [5.74, 6) is 0.989. The van der Waals surface area contributed by atoms with E-state index in [1.807, 2.05) is 39.0 Å². The van der Waals surface area contributed by atoms with Crippen LogP contribution in [0.15, 0.2) is 18.2 Å². The molecule has 1 aromatic rings. The van der Waals surface area contributed by atoms with Gasteiger partial charge in [-0.15, -0.1) is 0 Å². The predicted molar refractivity (Wildman–Crippen MR) is 81.2 cm³/mol. The number of aryl methyl sites for hydroxylation is 1. The van der Waals surface area contributed by atoms with Gasteiger partial charge in [-0.1, -0.05) is 31.5 Å². The molecule has 0 aliphatic heterocycles. The molecule has 106 valence electrons. The van der Waals surface area contributed by atoms with Gasteiger partial charge in [0.05, 0.1) is 17.5 Å². The van der Waals surface area contributed by atoms with Crippen molar-refractivity contribution in [3.8, 4) is 5.75 Å². The van der Waals surface area contributed by atoms with Crippen molar-refractivity contribution in [3.63, 3.8) is 0 Å². The fraction of sp³-hybridized carbons (Fsp3) is 0.533. The quantitative estimate of drug-likeness (QED) is 0.448. The minimum atomic E-state index is -0.221. The predicted octanol–water partition coefficient (Wildman–Crippen LogP) is 4.16. The van der Waals surface area contributed by atoms with Crippen LogP contribution >= 0.6 is 11.6 Å². The molecule has 0 amide bonds. The molecule has 0 atom stereocenters. The maximum Gasteiger partial charge on any atom is 0.138 e. The molecule has 0 unspecified atom stereocenters. The van der Waals surface area contributed by atoms with Gasteiger partial charge in [-0.3, -0.25) is 5.41 Å². The molecule has 3 N–H and O–H groups in total. The van der Waals surface area contributed by atoms with Crippen LogP contribution in [-0.4, -0.2) is 12.4 Å². The van der Waals surface area contributed by atoms with E-state index < -0.39 is 0 Å². The van der Waals surface area contributed by atoms with E-state index in [0.717, 1.165) is 30.6 Å². The van der Waals surface area contributed by atoms with Crippen LogP contribution in [0.3, 0.4) is 0 Å². The summed E-state index contributed by atoms with van der Waals surface area (Å²) in [6.07, 6.45) is 2.81. The summed E-state index contributed by atoms with van der Waals surface area (Å²) in [6, 6.07) is 5.76. The minimum absolute atomic E-state index is 0.221. The second kappa shape index (κ2) is 6.80. The summed E-state index contributed by atoms with van der Waals surface area (Å²) >= 11 is 6.05. The van der Waals surface area contributed by atoms with Gasteiger partial charge in [-0.05, 0) is 43.9 Å². The Balaban J connectivity index is 2.32. The van der Waals surface area contributed by atoms with Crippen molar-refractivity contribution >= 4 is 17.4 Å². The molecule has 3 nitrogen and oxygen atoms in total. The van der Waals surface area contributed by atoms with Crippen LogP contribution in [0.25, 0.3) is 0 Å². The zero-order chi connectivity index (χ0) is 14.5. The fourth-order valence-electron chi connectivity index (χ4n) is 1.71. The molecule has 4 heteroatoms. The van der Waals surface area contributed by atoms with Crippen molar-refractivity contribution in [2.24, 2.45) is 11.1 Å². The minimum Gasteiger partial charge on any atom is -0.492 e. The molecule has 0 spiro atoms. The number of hydrogen-bond acceptors (Lipinski definition) is 2. The molecule has 0 fully saturated rings. The maximum atomic E-state index is 7.49. The average Bonchev–Trinajstić information content (AvgIpc) is 2.32. The molecular formula is C15H23ClN2O. The molecule has 0 aliphatic rings. The summed E-state index contributed by atoms with van der Waals surface area (Å²) in [5.41, 5.74) is 6.46. The lowest BCUT2D eigenvalue weighted by Gasteiger charge is -2.22. The largest absolute Gasteiger partial charge is 0.492 e. The normalized spacial score (nSPS) is 11.4. The van der Waals surface area contributed by atoms with Gasteiger partial charge >= 0.3 is 0 Å². The van der Waals surface area contributed by atoms with Crippen molar-refractivity contribution < 1.29 is 4.74 Å². The highest BCUT2D eigenvalue weighted by molar-refractivity contribution is 6.32. The first-order chi connectivity index (χ1) is 8.83. The van der Waals surface area contributed by atoms with Crippen LogP contribution < -0.4 is 10.5 Å². The molecule has 0 aliphatic carbocycles. The lowest BCUT2D eigenvalue weighted by atomic mass is 9.86. The fourth-order valence-corrected chi connectivity index (χ4v) is 1.88. The Morgan fingerprint density at radius 1 is 1.37 bits per heavy atom. The van der Waals surface area contributed by atoms with E-state index in [1.165, 1.54) is 0 Å². The maximum absolute atomic E-state index is 7.49. The summed E-state index contributed by atoms with van der Waals surface area (Å²) in [5, 5.41) is 8.14. The van der Waals surface area contributed by atoms with Crippen molar-refractivity contribution in [2.45, 2.75) is 40.0 Å². The average molecular weight is 283 g/mol. The van der Waals surface area contributed by atoms with E-state index in [4.69, 9.17) is 27.5 Å². The molecule has 1 aromatic carbocycles. The smallest absolute Gasteiger partial charge is 0.138 e. The van der Waals surface area contributed by atoms with E-state index in [-0.39, 0.29) is 11.3 Å². The number of nitrogens with one attached hydrogen (secondary N) is 1. The van der Waals surface area contributed by atoms with Gasteiger partial charge in [0.25, 0.3) is 0 Å². The van der Waals surface area contributed by atoms with E-state index in [9.17, 15) is 0 Å². The van der Waals surface area contributed by atoms with Gasteiger partial charge in [0.2, 0.25) is 0 Å². The van der Waals surface area contributed by atoms with Crippen LogP contribution in [0.1, 0.15) is 38.7 Å². The van der Waals surface area contributed by atoms with Crippen molar-refractivity contribution in [3.05, 3.63) is 28.8 Å². The summed E-state index contributed by atoms with van der Waals surface area (Å²) in [4.78, 5) is 0. The van der Waals surface area contributed by atoms with Crippen LogP contribution in [0.4, 0.5) is 0 Å². The highest BCUT2D eigenvalue weighted by Crippen LogP contribution is 2.26. The zero-order valence-corrected chi connectivity index (χ0v) is 12.7. The van der Waals surface area contributed by atoms with Gasteiger partial charge in [0.1, 0.15) is 5.75 Å². The number of unbranched alkanes of at least 4 members (excludes halogenated alkanes) is 1. The Morgan fingerprint density at radius 3 is 2.68 bits per heavy atom. The topological polar surface area (TPSA) is 59.1 Å². The molecule has 0 bridgehead atoms. The first kappa shape index (κ1) is 15.8. The van der Waals surface area contributed by atoms with Crippen LogP contribution in [-0.2, 0) is 0 Å². The molecule has 0 saturated heterocycles. The SMILES string of the molecule is Cc1ccc(Cl)c(OCCCCC(C)(C)C(=N)N)c1. The monoisotopic (exact) mass is 282 g/mol. The lowest BCUT2D eigenvalue weighted by Crippen LogP contribution is -2.30. The molecular weight excluding hydrogens is 260 g/mol. The molecule has 1 rings (SSSR count). The molecule has 0 saturated carbocycles. The van der Waals surface area contributed by atoms with Crippen molar-refractivity contribution in [2.75, 3.05) is 6.61 Å². The summed E-state index contributed by atoms with van der Waals surface area (Å²) < 4.78 is 5.68. The van der Waals surface area contributed by atoms with Crippen LogP contribution in [0.2, 0.25) is 5.02 Å². The number of ether oxygens (including phenoxy) is 1.